The Kier molecular flexibility index (Phi) is 3.17. The molecule has 1 heterocycles. The lowest BCUT2D eigenvalue weighted by Crippen LogP contribution is -2.56. The van der Waals surface area contributed by atoms with Gasteiger partial charge in [0, 0.05) is 19.3 Å². The van der Waals surface area contributed by atoms with Crippen molar-refractivity contribution in [3.63, 3.8) is 0 Å². The van der Waals surface area contributed by atoms with Gasteiger partial charge in [0.05, 0.1) is 0 Å². The van der Waals surface area contributed by atoms with Gasteiger partial charge in [-0.25, -0.2) is 0 Å². The highest BCUT2D eigenvalue weighted by Crippen LogP contribution is 2.40. The first-order chi connectivity index (χ1) is 7.60. The second kappa shape index (κ2) is 4.30. The van der Waals surface area contributed by atoms with Gasteiger partial charge < -0.3 is 9.47 Å². The molecule has 16 heavy (non-hydrogen) atoms. The van der Waals surface area contributed by atoms with Crippen LogP contribution >= 0.6 is 0 Å². The maximum absolute atomic E-state index is 11.8. The monoisotopic (exact) mass is 224 g/mol. The lowest BCUT2D eigenvalue weighted by atomic mass is 9.89. The molecule has 0 aromatic carbocycles. The van der Waals surface area contributed by atoms with Crippen molar-refractivity contribution in [2.24, 2.45) is 0 Å². The zero-order valence-electron chi connectivity index (χ0n) is 9.96. The minimum atomic E-state index is -0.725. The molecule has 0 N–H and O–H groups in total. The smallest absolute Gasteiger partial charge is 0.190 e. The van der Waals surface area contributed by atoms with Crippen LogP contribution in [-0.2, 0) is 14.3 Å². The average molecular weight is 224 g/mol. The fourth-order valence-corrected chi connectivity index (χ4v) is 2.61. The van der Waals surface area contributed by atoms with E-state index in [4.69, 9.17) is 9.47 Å². The van der Waals surface area contributed by atoms with Gasteiger partial charge in [0.15, 0.2) is 11.6 Å². The highest BCUT2D eigenvalue weighted by atomic mass is 16.7. The summed E-state index contributed by atoms with van der Waals surface area (Å²) in [5, 5.41) is 0. The molecule has 2 aliphatic rings. The molecule has 1 unspecified atom stereocenters. The summed E-state index contributed by atoms with van der Waals surface area (Å²) in [7, 11) is 0. The highest BCUT2D eigenvalue weighted by molar-refractivity contribution is 5.88. The molecule has 90 valence electrons. The number of ether oxygens (including phenoxy) is 2. The third-order valence-electron chi connectivity index (χ3n) is 3.62. The minimum absolute atomic E-state index is 0.0311. The van der Waals surface area contributed by atoms with Crippen LogP contribution in [0, 0.1) is 0 Å². The normalized spacial score (nSPS) is 33.9. The number of Topliss-reactive ketones (excluding diaryl/α,β-unsaturated/α-hetero) is 1. The summed E-state index contributed by atoms with van der Waals surface area (Å²) >= 11 is 0. The number of carbonyl (C=O) groups is 1. The molecule has 1 saturated heterocycles. The third kappa shape index (κ3) is 2.06. The zero-order valence-corrected chi connectivity index (χ0v) is 9.96. The van der Waals surface area contributed by atoms with Crippen LogP contribution in [-0.4, -0.2) is 23.8 Å². The second-order valence-electron chi connectivity index (χ2n) is 5.01. The predicted octanol–water partition coefficient (Wildman–Crippen LogP) is 2.60. The Labute approximate surface area is 96.8 Å². The lowest BCUT2D eigenvalue weighted by molar-refractivity contribution is -0.311. The summed E-state index contributed by atoms with van der Waals surface area (Å²) < 4.78 is 11.7. The Hall–Kier alpha value is -0.670. The second-order valence-corrected chi connectivity index (χ2v) is 5.01. The Morgan fingerprint density at radius 3 is 2.69 bits per heavy atom. The molecule has 0 bridgehead atoms. The molecule has 3 nitrogen and oxygen atoms in total. The van der Waals surface area contributed by atoms with Crippen LogP contribution < -0.4 is 0 Å². The maximum Gasteiger partial charge on any atom is 0.190 e. The molecule has 0 aromatic heterocycles. The first-order valence-corrected chi connectivity index (χ1v) is 6.09. The largest absolute Gasteiger partial charge is 0.342 e. The first-order valence-electron chi connectivity index (χ1n) is 6.09. The summed E-state index contributed by atoms with van der Waals surface area (Å²) in [6.07, 6.45) is 7.62. The maximum atomic E-state index is 11.8. The average Bonchev–Trinajstić information content (AvgIpc) is 2.26. The van der Waals surface area contributed by atoms with E-state index in [-0.39, 0.29) is 12.4 Å². The molecule has 1 aliphatic heterocycles. The van der Waals surface area contributed by atoms with Crippen LogP contribution in [0.15, 0.2) is 12.7 Å². The number of carbonyl (C=O) groups excluding carboxylic acids is 1. The van der Waals surface area contributed by atoms with Crippen molar-refractivity contribution in [1.82, 2.24) is 0 Å². The minimum Gasteiger partial charge on any atom is -0.342 e. The molecule has 1 spiro atoms. The van der Waals surface area contributed by atoms with E-state index in [1.54, 1.807) is 6.08 Å². The topological polar surface area (TPSA) is 35.5 Å². The van der Waals surface area contributed by atoms with Crippen molar-refractivity contribution < 1.29 is 14.3 Å². The Morgan fingerprint density at radius 1 is 1.38 bits per heavy atom. The Bertz CT molecular complexity index is 292. The van der Waals surface area contributed by atoms with Gasteiger partial charge in [-0.3, -0.25) is 4.79 Å². The van der Waals surface area contributed by atoms with Crippen molar-refractivity contribution in [3.8, 4) is 0 Å². The van der Waals surface area contributed by atoms with Crippen LogP contribution in [0.2, 0.25) is 0 Å². The molecule has 1 aliphatic carbocycles. The van der Waals surface area contributed by atoms with E-state index < -0.39 is 11.4 Å². The standard InChI is InChI=1S/C13H20O3/c1-3-7-12(2)11(14)10-15-13(16-12)8-5-4-6-9-13/h3H,1,4-10H2,2H3. The van der Waals surface area contributed by atoms with Crippen molar-refractivity contribution in [3.05, 3.63) is 12.7 Å². The van der Waals surface area contributed by atoms with Gasteiger partial charge in [-0.2, -0.15) is 0 Å². The van der Waals surface area contributed by atoms with Crippen molar-refractivity contribution in [2.45, 2.75) is 56.8 Å². The fourth-order valence-electron chi connectivity index (χ4n) is 2.61. The molecule has 1 saturated carbocycles. The van der Waals surface area contributed by atoms with E-state index in [1.807, 2.05) is 6.92 Å². The number of rotatable bonds is 2. The van der Waals surface area contributed by atoms with Crippen molar-refractivity contribution >= 4 is 5.78 Å². The molecule has 0 aromatic rings. The van der Waals surface area contributed by atoms with Gasteiger partial charge >= 0.3 is 0 Å². The van der Waals surface area contributed by atoms with E-state index in [9.17, 15) is 4.79 Å². The third-order valence-corrected chi connectivity index (χ3v) is 3.62. The Balaban J connectivity index is 2.14. The van der Waals surface area contributed by atoms with Crippen LogP contribution in [0.3, 0.4) is 0 Å². The van der Waals surface area contributed by atoms with Gasteiger partial charge in [0.2, 0.25) is 0 Å². The molecule has 2 fully saturated rings. The zero-order chi connectivity index (χ0) is 11.6. The molecule has 2 rings (SSSR count). The SMILES string of the molecule is C=CCC1(C)OC2(CCCCC2)OCC1=O. The van der Waals surface area contributed by atoms with E-state index in [2.05, 4.69) is 6.58 Å². The lowest BCUT2D eigenvalue weighted by Gasteiger charge is -2.47. The van der Waals surface area contributed by atoms with Crippen molar-refractivity contribution in [2.75, 3.05) is 6.61 Å². The van der Waals surface area contributed by atoms with Crippen LogP contribution in [0.1, 0.15) is 45.4 Å². The van der Waals surface area contributed by atoms with Crippen LogP contribution in [0.25, 0.3) is 0 Å². The van der Waals surface area contributed by atoms with E-state index in [1.165, 1.54) is 6.42 Å². The van der Waals surface area contributed by atoms with Gasteiger partial charge in [0.1, 0.15) is 12.2 Å². The quantitative estimate of drug-likeness (QED) is 0.676. The van der Waals surface area contributed by atoms with E-state index in [0.29, 0.717) is 6.42 Å². The molecule has 1 atom stereocenters. The first kappa shape index (κ1) is 11.8. The summed E-state index contributed by atoms with van der Waals surface area (Å²) in [4.78, 5) is 11.8. The van der Waals surface area contributed by atoms with Crippen LogP contribution in [0.4, 0.5) is 0 Å². The summed E-state index contributed by atoms with van der Waals surface area (Å²) in [6.45, 7) is 5.74. The molecular formula is C13H20O3. The number of hydrogen-bond acceptors (Lipinski definition) is 3. The molecule has 3 heteroatoms. The van der Waals surface area contributed by atoms with Crippen LogP contribution in [0.5, 0.6) is 0 Å². The van der Waals surface area contributed by atoms with Gasteiger partial charge in [0.25, 0.3) is 0 Å². The summed E-state index contributed by atoms with van der Waals surface area (Å²) in [6, 6.07) is 0. The fraction of sp³-hybridized carbons (Fsp3) is 0.769. The predicted molar refractivity (Wildman–Crippen MR) is 61.1 cm³/mol. The van der Waals surface area contributed by atoms with E-state index in [0.717, 1.165) is 25.7 Å². The van der Waals surface area contributed by atoms with E-state index >= 15 is 0 Å². The molecule has 0 radical (unpaired) electrons. The molecule has 0 amide bonds. The van der Waals surface area contributed by atoms with Gasteiger partial charge in [-0.15, -0.1) is 6.58 Å². The summed E-state index contributed by atoms with van der Waals surface area (Å²) in [5.41, 5.74) is -0.725. The van der Waals surface area contributed by atoms with Gasteiger partial charge in [-0.05, 0) is 19.8 Å². The highest BCUT2D eigenvalue weighted by Gasteiger charge is 2.48. The number of hydrogen-bond donors (Lipinski definition) is 0. The number of ketones is 1. The van der Waals surface area contributed by atoms with Gasteiger partial charge in [-0.1, -0.05) is 12.5 Å². The molecular weight excluding hydrogens is 204 g/mol. The Morgan fingerprint density at radius 2 is 2.06 bits per heavy atom. The summed E-state index contributed by atoms with van der Waals surface area (Å²) in [5.74, 6) is -0.465. The van der Waals surface area contributed by atoms with Crippen molar-refractivity contribution in [1.29, 1.82) is 0 Å².